The monoisotopic (exact) mass is 461 g/mol. The SMILES string of the molecule is Cc1oc(Cc2cccc(Cl)c2)nc1-c1ccc(OCc2ccc(C(=O)N(C)C)cn2)cc1. The van der Waals surface area contributed by atoms with Gasteiger partial charge in [0.05, 0.1) is 11.3 Å². The molecule has 0 spiro atoms. The van der Waals surface area contributed by atoms with Crippen LogP contribution >= 0.6 is 11.6 Å². The number of rotatable bonds is 7. The summed E-state index contributed by atoms with van der Waals surface area (Å²) in [6.45, 7) is 2.22. The van der Waals surface area contributed by atoms with E-state index in [-0.39, 0.29) is 5.91 Å². The molecule has 2 aromatic carbocycles. The lowest BCUT2D eigenvalue weighted by molar-refractivity contribution is 0.0827. The zero-order valence-corrected chi connectivity index (χ0v) is 19.5. The molecule has 0 saturated carbocycles. The highest BCUT2D eigenvalue weighted by Crippen LogP contribution is 2.27. The summed E-state index contributed by atoms with van der Waals surface area (Å²) >= 11 is 6.07. The number of oxazole rings is 1. The van der Waals surface area contributed by atoms with Gasteiger partial charge in [0.1, 0.15) is 23.8 Å². The number of carbonyl (C=O) groups is 1. The summed E-state index contributed by atoms with van der Waals surface area (Å²) in [7, 11) is 3.42. The Morgan fingerprint density at radius 2 is 1.88 bits per heavy atom. The van der Waals surface area contributed by atoms with Crippen molar-refractivity contribution in [1.82, 2.24) is 14.9 Å². The number of ether oxygens (including phenoxy) is 1. The molecule has 6 nitrogen and oxygen atoms in total. The molecule has 0 N–H and O–H groups in total. The summed E-state index contributed by atoms with van der Waals surface area (Å²) in [6.07, 6.45) is 2.15. The zero-order valence-electron chi connectivity index (χ0n) is 18.7. The quantitative estimate of drug-likeness (QED) is 0.360. The van der Waals surface area contributed by atoms with Crippen LogP contribution in [-0.2, 0) is 13.0 Å². The van der Waals surface area contributed by atoms with Crippen molar-refractivity contribution in [2.75, 3.05) is 14.1 Å². The Kier molecular flexibility index (Phi) is 6.75. The van der Waals surface area contributed by atoms with Crippen LogP contribution in [0.5, 0.6) is 5.75 Å². The molecule has 1 amide bonds. The van der Waals surface area contributed by atoms with Crippen molar-refractivity contribution in [3.8, 4) is 17.0 Å². The van der Waals surface area contributed by atoms with E-state index in [4.69, 9.17) is 20.8 Å². The lowest BCUT2D eigenvalue weighted by atomic mass is 10.1. The maximum absolute atomic E-state index is 12.0. The van der Waals surface area contributed by atoms with Gasteiger partial charge in [0.15, 0.2) is 5.89 Å². The molecule has 0 aliphatic rings. The first-order chi connectivity index (χ1) is 15.9. The third kappa shape index (κ3) is 5.59. The lowest BCUT2D eigenvalue weighted by Crippen LogP contribution is -2.21. The van der Waals surface area contributed by atoms with E-state index in [9.17, 15) is 4.79 Å². The van der Waals surface area contributed by atoms with Crippen LogP contribution in [0.2, 0.25) is 5.02 Å². The van der Waals surface area contributed by atoms with Crippen LogP contribution in [0.1, 0.15) is 33.3 Å². The average molecular weight is 462 g/mol. The molecule has 7 heteroatoms. The van der Waals surface area contributed by atoms with Gasteiger partial charge in [-0.1, -0.05) is 23.7 Å². The summed E-state index contributed by atoms with van der Waals surface area (Å²) in [4.78, 5) is 22.5. The third-order valence-electron chi connectivity index (χ3n) is 5.08. The number of aryl methyl sites for hydroxylation is 1. The van der Waals surface area contributed by atoms with Gasteiger partial charge in [-0.15, -0.1) is 0 Å². The highest BCUT2D eigenvalue weighted by molar-refractivity contribution is 6.30. The van der Waals surface area contributed by atoms with Crippen LogP contribution in [-0.4, -0.2) is 34.9 Å². The number of hydrogen-bond donors (Lipinski definition) is 0. The van der Waals surface area contributed by atoms with Crippen molar-refractivity contribution >= 4 is 17.5 Å². The number of hydrogen-bond acceptors (Lipinski definition) is 5. The van der Waals surface area contributed by atoms with Crippen LogP contribution < -0.4 is 4.74 Å². The maximum atomic E-state index is 12.0. The third-order valence-corrected chi connectivity index (χ3v) is 5.31. The molecule has 0 bridgehead atoms. The molecule has 0 fully saturated rings. The molecule has 0 saturated heterocycles. The van der Waals surface area contributed by atoms with Gasteiger partial charge in [-0.05, 0) is 61.0 Å². The average Bonchev–Trinajstić information content (AvgIpc) is 3.17. The highest BCUT2D eigenvalue weighted by Gasteiger charge is 2.13. The second-order valence-electron chi connectivity index (χ2n) is 7.87. The van der Waals surface area contributed by atoms with E-state index in [0.717, 1.165) is 28.3 Å². The van der Waals surface area contributed by atoms with E-state index >= 15 is 0 Å². The molecular weight excluding hydrogens is 438 g/mol. The molecule has 0 aliphatic carbocycles. The van der Waals surface area contributed by atoms with Gasteiger partial charge in [-0.3, -0.25) is 9.78 Å². The molecule has 0 aliphatic heterocycles. The first kappa shape index (κ1) is 22.6. The molecule has 168 valence electrons. The zero-order chi connectivity index (χ0) is 23.4. The smallest absolute Gasteiger partial charge is 0.254 e. The molecule has 0 atom stereocenters. The predicted octanol–water partition coefficient (Wildman–Crippen LogP) is 5.57. The first-order valence-electron chi connectivity index (χ1n) is 10.5. The van der Waals surface area contributed by atoms with Gasteiger partial charge < -0.3 is 14.1 Å². The van der Waals surface area contributed by atoms with E-state index < -0.39 is 0 Å². The second kappa shape index (κ2) is 9.88. The van der Waals surface area contributed by atoms with Gasteiger partial charge >= 0.3 is 0 Å². The molecular formula is C26H24ClN3O3. The Morgan fingerprint density at radius 1 is 1.09 bits per heavy atom. The van der Waals surface area contributed by atoms with Gasteiger partial charge in [0.2, 0.25) is 0 Å². The lowest BCUT2D eigenvalue weighted by Gasteiger charge is -2.10. The number of carbonyl (C=O) groups excluding carboxylic acids is 1. The second-order valence-corrected chi connectivity index (χ2v) is 8.31. The molecule has 2 aromatic heterocycles. The van der Waals surface area contributed by atoms with E-state index in [1.54, 1.807) is 32.4 Å². The molecule has 33 heavy (non-hydrogen) atoms. The number of aromatic nitrogens is 2. The van der Waals surface area contributed by atoms with Crippen molar-refractivity contribution in [2.24, 2.45) is 0 Å². The molecule has 2 heterocycles. The maximum Gasteiger partial charge on any atom is 0.254 e. The van der Waals surface area contributed by atoms with Gasteiger partial charge in [0, 0.05) is 37.3 Å². The Hall–Kier alpha value is -3.64. The van der Waals surface area contributed by atoms with E-state index in [2.05, 4.69) is 9.97 Å². The Bertz CT molecular complexity index is 1250. The normalized spacial score (nSPS) is 10.8. The first-order valence-corrected chi connectivity index (χ1v) is 10.9. The number of pyridine rings is 1. The van der Waals surface area contributed by atoms with Crippen molar-refractivity contribution in [3.63, 3.8) is 0 Å². The van der Waals surface area contributed by atoms with Gasteiger partial charge in [-0.25, -0.2) is 4.98 Å². The Balaban J connectivity index is 1.39. The number of halogens is 1. The van der Waals surface area contributed by atoms with Gasteiger partial charge in [-0.2, -0.15) is 0 Å². The molecule has 0 radical (unpaired) electrons. The summed E-state index contributed by atoms with van der Waals surface area (Å²) < 4.78 is 11.7. The Morgan fingerprint density at radius 3 is 2.55 bits per heavy atom. The fourth-order valence-electron chi connectivity index (χ4n) is 3.38. The van der Waals surface area contributed by atoms with Crippen molar-refractivity contribution < 1.29 is 13.9 Å². The minimum atomic E-state index is -0.0792. The van der Waals surface area contributed by atoms with Crippen LogP contribution in [0.4, 0.5) is 0 Å². The highest BCUT2D eigenvalue weighted by atomic mass is 35.5. The van der Waals surface area contributed by atoms with Crippen LogP contribution in [0.3, 0.4) is 0 Å². The summed E-state index contributed by atoms with van der Waals surface area (Å²) in [6, 6.07) is 18.9. The number of amides is 1. The summed E-state index contributed by atoms with van der Waals surface area (Å²) in [5.74, 6) is 2.04. The molecule has 4 rings (SSSR count). The fraction of sp³-hybridized carbons (Fsp3) is 0.192. The van der Waals surface area contributed by atoms with Crippen molar-refractivity contribution in [3.05, 3.63) is 100 Å². The summed E-state index contributed by atoms with van der Waals surface area (Å²) in [5.41, 5.74) is 4.09. The fourth-order valence-corrected chi connectivity index (χ4v) is 3.59. The minimum absolute atomic E-state index is 0.0792. The van der Waals surface area contributed by atoms with Crippen molar-refractivity contribution in [1.29, 1.82) is 0 Å². The molecule has 0 unspecified atom stereocenters. The number of nitrogens with zero attached hydrogens (tertiary/aromatic N) is 3. The minimum Gasteiger partial charge on any atom is -0.487 e. The van der Waals surface area contributed by atoms with Gasteiger partial charge in [0.25, 0.3) is 5.91 Å². The largest absolute Gasteiger partial charge is 0.487 e. The van der Waals surface area contributed by atoms with E-state index in [1.807, 2.05) is 55.5 Å². The van der Waals surface area contributed by atoms with Crippen LogP contribution in [0.25, 0.3) is 11.3 Å². The standard InChI is InChI=1S/C26H24ClN3O3/c1-17-25(29-24(33-17)14-18-5-4-6-21(27)13-18)19-8-11-23(12-9-19)32-16-22-10-7-20(15-28-22)26(31)30(2)3/h4-13,15H,14,16H2,1-3H3. The Labute approximate surface area is 197 Å². The molecule has 4 aromatic rings. The van der Waals surface area contributed by atoms with Crippen molar-refractivity contribution in [2.45, 2.75) is 20.0 Å². The topological polar surface area (TPSA) is 68.5 Å². The van der Waals surface area contributed by atoms with Crippen LogP contribution in [0, 0.1) is 6.92 Å². The number of benzene rings is 2. The predicted molar refractivity (Wildman–Crippen MR) is 128 cm³/mol. The van der Waals surface area contributed by atoms with E-state index in [0.29, 0.717) is 35.3 Å². The van der Waals surface area contributed by atoms with Crippen LogP contribution in [0.15, 0.2) is 71.3 Å². The summed E-state index contributed by atoms with van der Waals surface area (Å²) in [5, 5.41) is 0.694. The van der Waals surface area contributed by atoms with E-state index in [1.165, 1.54) is 4.90 Å².